The molecule has 2 heterocycles. The third-order valence-corrected chi connectivity index (χ3v) is 4.56. The number of ether oxygens (including phenoxy) is 1. The van der Waals surface area contributed by atoms with Gasteiger partial charge in [0.15, 0.2) is 6.10 Å². The molecule has 3 rings (SSSR count). The number of halogens is 5. The number of hydrogen-bond acceptors (Lipinski definition) is 5. The Balaban J connectivity index is 1.91. The van der Waals surface area contributed by atoms with E-state index in [1.807, 2.05) is 0 Å². The Bertz CT molecular complexity index is 965. The zero-order valence-corrected chi connectivity index (χ0v) is 15.7. The fourth-order valence-electron chi connectivity index (χ4n) is 2.94. The monoisotopic (exact) mass is 430 g/mol. The molecule has 0 bridgehead atoms. The number of amides is 1. The summed E-state index contributed by atoms with van der Waals surface area (Å²) in [5, 5.41) is 2.85. The molecule has 11 heteroatoms. The average molecular weight is 431 g/mol. The van der Waals surface area contributed by atoms with Gasteiger partial charge in [-0.2, -0.15) is 13.2 Å². The van der Waals surface area contributed by atoms with Gasteiger partial charge in [0, 0.05) is 23.9 Å². The molecule has 1 unspecified atom stereocenters. The van der Waals surface area contributed by atoms with Crippen LogP contribution in [0.3, 0.4) is 0 Å². The van der Waals surface area contributed by atoms with Crippen LogP contribution in [0, 0.1) is 5.82 Å². The number of anilines is 1. The number of carbonyl (C=O) groups is 1. The first-order valence-corrected chi connectivity index (χ1v) is 8.67. The summed E-state index contributed by atoms with van der Waals surface area (Å²) >= 11 is 5.72. The summed E-state index contributed by atoms with van der Waals surface area (Å²) in [4.78, 5) is 20.0. The minimum Gasteiger partial charge on any atom is -0.452 e. The van der Waals surface area contributed by atoms with Crippen molar-refractivity contribution in [2.24, 2.45) is 10.7 Å². The number of carbonyl (C=O) groups excluding carboxylic acids is 1. The van der Waals surface area contributed by atoms with E-state index in [4.69, 9.17) is 17.3 Å². The zero-order chi connectivity index (χ0) is 21.4. The van der Waals surface area contributed by atoms with E-state index in [0.29, 0.717) is 5.02 Å². The molecule has 0 spiro atoms. The molecular weight excluding hydrogens is 416 g/mol. The minimum absolute atomic E-state index is 0.0527. The molecule has 0 radical (unpaired) electrons. The van der Waals surface area contributed by atoms with Crippen molar-refractivity contribution in [3.63, 3.8) is 0 Å². The van der Waals surface area contributed by atoms with Crippen molar-refractivity contribution in [2.45, 2.75) is 31.2 Å². The summed E-state index contributed by atoms with van der Waals surface area (Å²) in [6, 6.07) is 5.66. The second kappa shape index (κ2) is 7.51. The number of pyridine rings is 1. The largest absolute Gasteiger partial charge is 0.452 e. The second-order valence-electron chi connectivity index (χ2n) is 6.59. The lowest BCUT2D eigenvalue weighted by Crippen LogP contribution is -2.46. The summed E-state index contributed by atoms with van der Waals surface area (Å²) in [5.41, 5.74) is 3.79. The van der Waals surface area contributed by atoms with E-state index in [-0.39, 0.29) is 16.9 Å². The molecule has 6 nitrogen and oxygen atoms in total. The average Bonchev–Trinajstić information content (AvgIpc) is 2.62. The Morgan fingerprint density at radius 2 is 2.07 bits per heavy atom. The number of nitrogens with one attached hydrogen (secondary N) is 1. The van der Waals surface area contributed by atoms with Crippen LogP contribution >= 0.6 is 11.6 Å². The maximum Gasteiger partial charge on any atom is 0.425 e. The normalized spacial score (nSPS) is 21.9. The molecule has 0 saturated carbocycles. The maximum absolute atomic E-state index is 14.5. The van der Waals surface area contributed by atoms with Crippen molar-refractivity contribution in [2.75, 3.05) is 5.32 Å². The van der Waals surface area contributed by atoms with Gasteiger partial charge in [-0.3, -0.25) is 4.79 Å². The first-order chi connectivity index (χ1) is 13.5. The van der Waals surface area contributed by atoms with E-state index in [1.165, 1.54) is 37.4 Å². The third-order valence-electron chi connectivity index (χ3n) is 4.33. The summed E-state index contributed by atoms with van der Waals surface area (Å²) in [5.74, 6) is -1.40. The lowest BCUT2D eigenvalue weighted by Gasteiger charge is -2.36. The lowest BCUT2D eigenvalue weighted by molar-refractivity contribution is -0.208. The molecule has 3 N–H and O–H groups in total. The fourth-order valence-corrected chi connectivity index (χ4v) is 3.05. The molecule has 29 heavy (non-hydrogen) atoms. The molecule has 1 aromatic carbocycles. The number of aliphatic imine (C=N–C) groups is 1. The smallest absolute Gasteiger partial charge is 0.425 e. The second-order valence-corrected chi connectivity index (χ2v) is 7.02. The maximum atomic E-state index is 14.5. The predicted octanol–water partition coefficient (Wildman–Crippen LogP) is 4.01. The number of alkyl halides is 3. The van der Waals surface area contributed by atoms with Crippen molar-refractivity contribution in [3.8, 4) is 0 Å². The highest BCUT2D eigenvalue weighted by molar-refractivity contribution is 6.30. The van der Waals surface area contributed by atoms with Crippen molar-refractivity contribution in [3.05, 3.63) is 58.6 Å². The van der Waals surface area contributed by atoms with Crippen LogP contribution in [-0.2, 0) is 10.3 Å². The highest BCUT2D eigenvalue weighted by Gasteiger charge is 2.50. The first-order valence-electron chi connectivity index (χ1n) is 8.29. The van der Waals surface area contributed by atoms with Gasteiger partial charge >= 0.3 is 6.18 Å². The van der Waals surface area contributed by atoms with Crippen LogP contribution in [0.4, 0.5) is 23.2 Å². The van der Waals surface area contributed by atoms with E-state index in [1.54, 1.807) is 0 Å². The van der Waals surface area contributed by atoms with Crippen LogP contribution in [0.2, 0.25) is 5.02 Å². The van der Waals surface area contributed by atoms with Gasteiger partial charge in [-0.15, -0.1) is 0 Å². The molecule has 0 saturated heterocycles. The van der Waals surface area contributed by atoms with E-state index in [9.17, 15) is 22.4 Å². The van der Waals surface area contributed by atoms with Crippen molar-refractivity contribution in [1.82, 2.24) is 4.98 Å². The molecule has 154 valence electrons. The van der Waals surface area contributed by atoms with Crippen molar-refractivity contribution >= 4 is 29.2 Å². The van der Waals surface area contributed by atoms with Gasteiger partial charge in [0.25, 0.3) is 11.9 Å². The molecule has 0 fully saturated rings. The van der Waals surface area contributed by atoms with Crippen LogP contribution in [0.1, 0.15) is 29.4 Å². The number of rotatable bonds is 3. The number of nitrogens with two attached hydrogens (primary N) is 1. The van der Waals surface area contributed by atoms with Crippen molar-refractivity contribution < 1.29 is 27.1 Å². The number of amidine groups is 1. The van der Waals surface area contributed by atoms with Gasteiger partial charge in [0.1, 0.15) is 11.5 Å². The molecule has 1 aliphatic heterocycles. The molecule has 2 aromatic rings. The third kappa shape index (κ3) is 4.58. The van der Waals surface area contributed by atoms with Crippen molar-refractivity contribution in [1.29, 1.82) is 0 Å². The van der Waals surface area contributed by atoms with Crippen LogP contribution in [-0.4, -0.2) is 29.2 Å². The standard InChI is InChI=1S/C18H15ClF4N4O2/c1-17(7-14(18(21,22)23)29-16(24)27-17)11-6-10(3-4-12(11)20)26-15(28)13-5-2-9(19)8-25-13/h2-6,8,14H,7H2,1H3,(H2,24,27)(H,26,28)/t14?,17-/m0/s1. The number of nitrogens with zero attached hydrogens (tertiary/aromatic N) is 2. The highest BCUT2D eigenvalue weighted by Crippen LogP contribution is 2.41. The van der Waals surface area contributed by atoms with Crippen LogP contribution in [0.15, 0.2) is 41.5 Å². The molecular formula is C18H15ClF4N4O2. The van der Waals surface area contributed by atoms with Crippen LogP contribution in [0.25, 0.3) is 0 Å². The van der Waals surface area contributed by atoms with Crippen LogP contribution in [0.5, 0.6) is 0 Å². The van der Waals surface area contributed by atoms with Gasteiger partial charge in [-0.1, -0.05) is 11.6 Å². The Kier molecular flexibility index (Phi) is 5.40. The summed E-state index contributed by atoms with van der Waals surface area (Å²) in [6.07, 6.45) is -6.33. The zero-order valence-electron chi connectivity index (χ0n) is 14.9. The predicted molar refractivity (Wildman–Crippen MR) is 98.1 cm³/mol. The molecule has 1 aromatic heterocycles. The van der Waals surface area contributed by atoms with Gasteiger partial charge < -0.3 is 15.8 Å². The molecule has 1 aliphatic rings. The molecule has 0 aliphatic carbocycles. The molecule has 1 amide bonds. The fraction of sp³-hybridized carbons (Fsp3) is 0.278. The van der Waals surface area contributed by atoms with Gasteiger partial charge in [0.2, 0.25) is 0 Å². The SMILES string of the molecule is C[C@@]1(c2cc(NC(=O)c3ccc(Cl)cn3)ccc2F)CC(C(F)(F)F)OC(N)=N1. The van der Waals surface area contributed by atoms with E-state index >= 15 is 0 Å². The summed E-state index contributed by atoms with van der Waals surface area (Å²) < 4.78 is 58.5. The van der Waals surface area contributed by atoms with Gasteiger partial charge in [0.05, 0.1) is 10.6 Å². The van der Waals surface area contributed by atoms with E-state index in [0.717, 1.165) is 6.07 Å². The quantitative estimate of drug-likeness (QED) is 0.720. The number of benzene rings is 1. The highest BCUT2D eigenvalue weighted by atomic mass is 35.5. The summed E-state index contributed by atoms with van der Waals surface area (Å²) in [7, 11) is 0. The number of hydrogen-bond donors (Lipinski definition) is 2. The van der Waals surface area contributed by atoms with Crippen LogP contribution < -0.4 is 11.1 Å². The van der Waals surface area contributed by atoms with Gasteiger partial charge in [-0.05, 0) is 37.3 Å². The lowest BCUT2D eigenvalue weighted by atomic mass is 9.85. The summed E-state index contributed by atoms with van der Waals surface area (Å²) in [6.45, 7) is 1.31. The first kappa shape index (κ1) is 20.8. The van der Waals surface area contributed by atoms with Gasteiger partial charge in [-0.25, -0.2) is 14.4 Å². The van der Waals surface area contributed by atoms with E-state index < -0.39 is 42.0 Å². The Hall–Kier alpha value is -2.88. The Morgan fingerprint density at radius 3 is 2.69 bits per heavy atom. The minimum atomic E-state index is -4.70. The van der Waals surface area contributed by atoms with E-state index in [2.05, 4.69) is 20.0 Å². The topological polar surface area (TPSA) is 89.6 Å². The Labute approximate surface area is 167 Å². The number of aromatic nitrogens is 1. The Morgan fingerprint density at radius 1 is 1.34 bits per heavy atom. The molecule has 2 atom stereocenters.